The molecule has 0 saturated carbocycles. The molecule has 5 heterocycles. The van der Waals surface area contributed by atoms with Crippen molar-refractivity contribution in [3.05, 3.63) is 188 Å². The summed E-state index contributed by atoms with van der Waals surface area (Å²) in [5.41, 5.74) is 12.0. The van der Waals surface area contributed by atoms with E-state index in [2.05, 4.69) is 190 Å². The molecule has 0 aliphatic rings. The van der Waals surface area contributed by atoms with Gasteiger partial charge in [0, 0.05) is 61.0 Å². The number of hydrogen-bond acceptors (Lipinski definition) is 4. The number of aromatic nitrogens is 5. The molecule has 0 bridgehead atoms. The summed E-state index contributed by atoms with van der Waals surface area (Å²) in [5.74, 6) is 0.649. The summed E-state index contributed by atoms with van der Waals surface area (Å²) in [6.45, 7) is 0. The Morgan fingerprint density at radius 1 is 0.439 bits per heavy atom. The fraction of sp³-hybridized carbons (Fsp3) is 0. The predicted molar refractivity (Wildman–Crippen MR) is 238 cm³/mol. The van der Waals surface area contributed by atoms with Crippen LogP contribution in [-0.4, -0.2) is 24.1 Å². The van der Waals surface area contributed by atoms with Crippen LogP contribution in [0, 0.1) is 0 Å². The first-order chi connectivity index (χ1) is 28.3. The van der Waals surface area contributed by atoms with Crippen molar-refractivity contribution >= 4 is 75.9 Å². The normalized spacial score (nSPS) is 11.9. The van der Waals surface area contributed by atoms with Gasteiger partial charge in [-0.15, -0.1) is 11.3 Å². The minimum atomic E-state index is 0.649. The molecule has 0 radical (unpaired) electrons. The van der Waals surface area contributed by atoms with Crippen molar-refractivity contribution in [3.63, 3.8) is 0 Å². The van der Waals surface area contributed by atoms with Crippen LogP contribution in [0.15, 0.2) is 188 Å². The van der Waals surface area contributed by atoms with Gasteiger partial charge in [0.1, 0.15) is 0 Å². The third-order valence-corrected chi connectivity index (χ3v) is 12.4. The zero-order valence-electron chi connectivity index (χ0n) is 30.5. The molecule has 57 heavy (non-hydrogen) atoms. The number of hydrogen-bond donors (Lipinski definition) is 0. The van der Waals surface area contributed by atoms with Gasteiger partial charge in [0.15, 0.2) is 0 Å². The molecule has 0 saturated heterocycles. The topological polar surface area (TPSA) is 48.5 Å². The lowest BCUT2D eigenvalue weighted by Crippen LogP contribution is -2.03. The van der Waals surface area contributed by atoms with E-state index < -0.39 is 0 Å². The van der Waals surface area contributed by atoms with E-state index in [4.69, 9.17) is 9.97 Å². The fourth-order valence-corrected chi connectivity index (χ4v) is 9.83. The molecule has 0 N–H and O–H groups in total. The van der Waals surface area contributed by atoms with Gasteiger partial charge in [-0.25, -0.2) is 9.97 Å². The minimum Gasteiger partial charge on any atom is -0.309 e. The molecule has 0 unspecified atom stereocenters. The molecule has 0 aliphatic heterocycles. The number of para-hydroxylation sites is 3. The van der Waals surface area contributed by atoms with E-state index in [0.717, 1.165) is 70.4 Å². The average molecular weight is 746 g/mol. The Hall–Kier alpha value is -7.41. The summed E-state index contributed by atoms with van der Waals surface area (Å²) in [6, 6.07) is 62.9. The highest BCUT2D eigenvalue weighted by Gasteiger charge is 2.22. The van der Waals surface area contributed by atoms with Gasteiger partial charge in [-0.3, -0.25) is 9.55 Å². The summed E-state index contributed by atoms with van der Waals surface area (Å²) in [4.78, 5) is 16.3. The van der Waals surface area contributed by atoms with Crippen LogP contribution in [0.1, 0.15) is 0 Å². The monoisotopic (exact) mass is 745 g/mol. The maximum Gasteiger partial charge on any atom is 0.235 e. The zero-order chi connectivity index (χ0) is 37.5. The van der Waals surface area contributed by atoms with Gasteiger partial charge in [-0.2, -0.15) is 0 Å². The van der Waals surface area contributed by atoms with Crippen molar-refractivity contribution in [2.45, 2.75) is 0 Å². The summed E-state index contributed by atoms with van der Waals surface area (Å²) >= 11 is 1.72. The van der Waals surface area contributed by atoms with Gasteiger partial charge in [0.2, 0.25) is 5.95 Å². The Bertz CT molecular complexity index is 3510. The second-order valence-corrected chi connectivity index (χ2v) is 15.5. The van der Waals surface area contributed by atoms with Crippen molar-refractivity contribution in [1.29, 1.82) is 0 Å². The number of fused-ring (bicyclic) bond motifs is 9. The van der Waals surface area contributed by atoms with Crippen LogP contribution in [0.4, 0.5) is 0 Å². The Balaban J connectivity index is 1.16. The highest BCUT2D eigenvalue weighted by molar-refractivity contribution is 7.22. The molecule has 5 aromatic heterocycles. The molecule has 0 spiro atoms. The number of nitrogens with zero attached hydrogens (tertiary/aromatic N) is 5. The number of pyridine rings is 1. The molecule has 266 valence electrons. The highest BCUT2D eigenvalue weighted by atomic mass is 32.1. The average Bonchev–Trinajstić information content (AvgIpc) is 3.97. The Labute approximate surface area is 331 Å². The van der Waals surface area contributed by atoms with Crippen molar-refractivity contribution in [1.82, 2.24) is 24.1 Å². The van der Waals surface area contributed by atoms with Gasteiger partial charge in [0.05, 0.1) is 38.0 Å². The van der Waals surface area contributed by atoms with E-state index in [-0.39, 0.29) is 0 Å². The van der Waals surface area contributed by atoms with Gasteiger partial charge >= 0.3 is 0 Å². The van der Waals surface area contributed by atoms with Crippen molar-refractivity contribution in [2.24, 2.45) is 0 Å². The van der Waals surface area contributed by atoms with Gasteiger partial charge < -0.3 is 4.57 Å². The predicted octanol–water partition coefficient (Wildman–Crippen LogP) is 13.4. The van der Waals surface area contributed by atoms with E-state index in [1.54, 1.807) is 11.3 Å². The third-order valence-electron chi connectivity index (χ3n) is 11.2. The molecule has 0 aliphatic carbocycles. The molecule has 5 nitrogen and oxygen atoms in total. The van der Waals surface area contributed by atoms with Crippen molar-refractivity contribution < 1.29 is 0 Å². The Morgan fingerprint density at radius 3 is 2.02 bits per heavy atom. The standard InChI is InChI=1S/C51H31N5S/c1-3-13-34(14-4-1)47-50-43(31-46(57-50)33-26-28-52-29-27-33)53-51(54-47)56-45-25-23-35(30-42(45)41-24-22-32-12-7-8-17-37(32)49(41)56)38-19-11-20-40-39-18-9-10-21-44(39)55(48(38)40)36-15-5-2-6-16-36/h1-31H. The largest absolute Gasteiger partial charge is 0.309 e. The summed E-state index contributed by atoms with van der Waals surface area (Å²) in [6.07, 6.45) is 3.68. The maximum absolute atomic E-state index is 5.47. The van der Waals surface area contributed by atoms with Crippen molar-refractivity contribution in [3.8, 4) is 44.5 Å². The van der Waals surface area contributed by atoms with Gasteiger partial charge in [-0.05, 0) is 65.0 Å². The molecular weight excluding hydrogens is 715 g/mol. The molecule has 7 aromatic carbocycles. The SMILES string of the molecule is c1ccc(-c2nc(-n3c4ccc(-c5cccc6c7ccccc7n(-c7ccccc7)c56)cc4c4ccc5ccccc5c43)nc3cc(-c4ccncc4)sc23)cc1. The molecule has 12 aromatic rings. The lowest BCUT2D eigenvalue weighted by molar-refractivity contribution is 1.02. The quantitative estimate of drug-likeness (QED) is 0.176. The summed E-state index contributed by atoms with van der Waals surface area (Å²) in [7, 11) is 0. The summed E-state index contributed by atoms with van der Waals surface area (Å²) in [5, 5.41) is 7.12. The van der Waals surface area contributed by atoms with Crippen LogP contribution in [0.3, 0.4) is 0 Å². The van der Waals surface area contributed by atoms with Gasteiger partial charge in [0.25, 0.3) is 0 Å². The Kier molecular flexibility index (Phi) is 7.03. The van der Waals surface area contributed by atoms with Crippen molar-refractivity contribution in [2.75, 3.05) is 0 Å². The Morgan fingerprint density at radius 2 is 1.16 bits per heavy atom. The van der Waals surface area contributed by atoms with Crippen LogP contribution in [0.5, 0.6) is 0 Å². The van der Waals surface area contributed by atoms with E-state index in [9.17, 15) is 0 Å². The molecule has 0 atom stereocenters. The van der Waals surface area contributed by atoms with Crippen LogP contribution in [0.2, 0.25) is 0 Å². The van der Waals surface area contributed by atoms with E-state index in [1.807, 2.05) is 12.4 Å². The van der Waals surface area contributed by atoms with Crippen LogP contribution in [-0.2, 0) is 0 Å². The fourth-order valence-electron chi connectivity index (χ4n) is 8.72. The van der Waals surface area contributed by atoms with E-state index in [0.29, 0.717) is 5.95 Å². The smallest absolute Gasteiger partial charge is 0.235 e. The first-order valence-corrected chi connectivity index (χ1v) is 19.9. The number of rotatable bonds is 5. The first-order valence-electron chi connectivity index (χ1n) is 19.1. The number of thiophene rings is 1. The lowest BCUT2D eigenvalue weighted by atomic mass is 9.99. The first kappa shape index (κ1) is 31.9. The molecule has 12 rings (SSSR count). The molecular formula is C51H31N5S. The second-order valence-electron chi connectivity index (χ2n) is 14.4. The van der Waals surface area contributed by atoms with Crippen LogP contribution in [0.25, 0.3) is 109 Å². The third kappa shape index (κ3) is 4.91. The van der Waals surface area contributed by atoms with Crippen LogP contribution >= 0.6 is 11.3 Å². The molecule has 6 heteroatoms. The molecule has 0 fully saturated rings. The second kappa shape index (κ2) is 12.6. The number of benzene rings is 7. The van der Waals surface area contributed by atoms with Gasteiger partial charge in [-0.1, -0.05) is 127 Å². The minimum absolute atomic E-state index is 0.649. The zero-order valence-corrected chi connectivity index (χ0v) is 31.4. The maximum atomic E-state index is 5.47. The van der Waals surface area contributed by atoms with E-state index >= 15 is 0 Å². The lowest BCUT2D eigenvalue weighted by Gasteiger charge is -2.12. The van der Waals surface area contributed by atoms with Crippen LogP contribution < -0.4 is 0 Å². The highest BCUT2D eigenvalue weighted by Crippen LogP contribution is 2.43. The molecule has 0 amide bonds. The van der Waals surface area contributed by atoms with E-state index in [1.165, 1.54) is 32.8 Å². The summed E-state index contributed by atoms with van der Waals surface area (Å²) < 4.78 is 5.76.